The zero-order valence-corrected chi connectivity index (χ0v) is 17.4. The molecule has 1 aromatic carbocycles. The molecule has 1 N–H and O–H groups in total. The van der Waals surface area contributed by atoms with E-state index in [1.807, 2.05) is 58.0 Å². The lowest BCUT2D eigenvalue weighted by molar-refractivity contribution is -0.123. The van der Waals surface area contributed by atoms with Gasteiger partial charge in [0.05, 0.1) is 4.91 Å². The van der Waals surface area contributed by atoms with Gasteiger partial charge in [0.25, 0.3) is 11.1 Å². The van der Waals surface area contributed by atoms with Gasteiger partial charge in [-0.2, -0.15) is 0 Å². The molecular formula is C21H23N3O3S. The summed E-state index contributed by atoms with van der Waals surface area (Å²) in [5.41, 5.74) is 4.58. The van der Waals surface area contributed by atoms with Gasteiger partial charge in [0.1, 0.15) is 0 Å². The number of amides is 3. The van der Waals surface area contributed by atoms with E-state index >= 15 is 0 Å². The summed E-state index contributed by atoms with van der Waals surface area (Å²) in [5, 5.41) is 2.53. The van der Waals surface area contributed by atoms with Crippen LogP contribution >= 0.6 is 11.8 Å². The Labute approximate surface area is 168 Å². The molecule has 2 aromatic rings. The lowest BCUT2D eigenvalue weighted by atomic mass is 10.2. The molecule has 0 radical (unpaired) electrons. The van der Waals surface area contributed by atoms with Gasteiger partial charge in [0.15, 0.2) is 0 Å². The van der Waals surface area contributed by atoms with Gasteiger partial charge in [0.2, 0.25) is 5.91 Å². The van der Waals surface area contributed by atoms with Crippen molar-refractivity contribution in [2.24, 2.45) is 0 Å². The first-order valence-corrected chi connectivity index (χ1v) is 9.84. The largest absolute Gasteiger partial charge is 0.326 e. The van der Waals surface area contributed by atoms with Gasteiger partial charge in [-0.1, -0.05) is 0 Å². The summed E-state index contributed by atoms with van der Waals surface area (Å²) in [4.78, 5) is 37.6. The number of carbonyl (C=O) groups excluding carboxylic acids is 3. The lowest BCUT2D eigenvalue weighted by Gasteiger charge is -2.16. The molecule has 6 nitrogen and oxygen atoms in total. The average molecular weight is 398 g/mol. The zero-order valence-electron chi connectivity index (χ0n) is 16.6. The van der Waals surface area contributed by atoms with Crippen LogP contribution in [0.25, 0.3) is 11.8 Å². The van der Waals surface area contributed by atoms with Crippen molar-refractivity contribution in [2.75, 3.05) is 5.32 Å². The van der Waals surface area contributed by atoms with Gasteiger partial charge in [-0.3, -0.25) is 19.3 Å². The fourth-order valence-electron chi connectivity index (χ4n) is 3.29. The molecule has 0 bridgehead atoms. The maximum absolute atomic E-state index is 12.5. The number of aryl methyl sites for hydroxylation is 1. The minimum Gasteiger partial charge on any atom is -0.326 e. The van der Waals surface area contributed by atoms with Crippen molar-refractivity contribution >= 4 is 40.6 Å². The molecule has 28 heavy (non-hydrogen) atoms. The third-order valence-corrected chi connectivity index (χ3v) is 5.43. The number of hydrogen-bond acceptors (Lipinski definition) is 4. The Hall–Kier alpha value is -2.80. The Kier molecular flexibility index (Phi) is 5.47. The predicted molar refractivity (Wildman–Crippen MR) is 112 cm³/mol. The molecule has 7 heteroatoms. The maximum Gasteiger partial charge on any atom is 0.293 e. The summed E-state index contributed by atoms with van der Waals surface area (Å²) in [5.74, 6) is -0.354. The van der Waals surface area contributed by atoms with E-state index in [9.17, 15) is 14.4 Å². The number of nitrogens with one attached hydrogen (secondary N) is 1. The van der Waals surface area contributed by atoms with E-state index in [0.717, 1.165) is 40.1 Å². The van der Waals surface area contributed by atoms with Crippen molar-refractivity contribution in [2.45, 2.75) is 40.7 Å². The fourth-order valence-corrected chi connectivity index (χ4v) is 4.25. The van der Waals surface area contributed by atoms with E-state index in [-0.39, 0.29) is 23.1 Å². The molecule has 1 aliphatic rings. The third-order valence-electron chi connectivity index (χ3n) is 4.54. The summed E-state index contributed by atoms with van der Waals surface area (Å²) in [6.07, 6.45) is 1.79. The highest BCUT2D eigenvalue weighted by molar-refractivity contribution is 8.18. The summed E-state index contributed by atoms with van der Waals surface area (Å²) < 4.78 is 2.08. The molecule has 146 valence electrons. The second-order valence-corrected chi connectivity index (χ2v) is 8.03. The second kappa shape index (κ2) is 7.67. The molecule has 1 aliphatic heterocycles. The summed E-state index contributed by atoms with van der Waals surface area (Å²) in [6.45, 7) is 9.10. The molecule has 1 fully saturated rings. The van der Waals surface area contributed by atoms with Crippen molar-refractivity contribution in [3.05, 3.63) is 52.2 Å². The van der Waals surface area contributed by atoms with Crippen molar-refractivity contribution in [1.82, 2.24) is 9.47 Å². The molecule has 2 heterocycles. The molecule has 0 spiro atoms. The first kappa shape index (κ1) is 19.9. The molecule has 0 unspecified atom stereocenters. The number of hydrogen-bond donors (Lipinski definition) is 1. The van der Waals surface area contributed by atoms with Gasteiger partial charge in [-0.05, 0) is 81.4 Å². The highest BCUT2D eigenvalue weighted by Crippen LogP contribution is 2.34. The van der Waals surface area contributed by atoms with Crippen LogP contribution in [0.2, 0.25) is 0 Å². The zero-order chi connectivity index (χ0) is 20.6. The van der Waals surface area contributed by atoms with Gasteiger partial charge >= 0.3 is 0 Å². The van der Waals surface area contributed by atoms with E-state index in [2.05, 4.69) is 9.88 Å². The van der Waals surface area contributed by atoms with Crippen LogP contribution in [0.5, 0.6) is 0 Å². The summed E-state index contributed by atoms with van der Waals surface area (Å²) in [7, 11) is 0. The number of rotatable bonds is 4. The Morgan fingerprint density at radius 3 is 2.32 bits per heavy atom. The van der Waals surface area contributed by atoms with Crippen LogP contribution in [0.4, 0.5) is 10.5 Å². The van der Waals surface area contributed by atoms with Crippen LogP contribution in [-0.2, 0) is 9.59 Å². The summed E-state index contributed by atoms with van der Waals surface area (Å²) in [6, 6.07) is 9.41. The van der Waals surface area contributed by atoms with Gasteiger partial charge in [-0.25, -0.2) is 0 Å². The van der Waals surface area contributed by atoms with Crippen LogP contribution < -0.4 is 5.32 Å². The molecule has 0 saturated carbocycles. The van der Waals surface area contributed by atoms with Gasteiger partial charge in [-0.15, -0.1) is 0 Å². The van der Waals surface area contributed by atoms with Crippen LogP contribution in [0.3, 0.4) is 0 Å². The lowest BCUT2D eigenvalue weighted by Crippen LogP contribution is -2.34. The van der Waals surface area contributed by atoms with E-state index in [0.29, 0.717) is 4.91 Å². The average Bonchev–Trinajstić information content (AvgIpc) is 3.04. The monoisotopic (exact) mass is 397 g/mol. The standard InChI is InChI=1S/C21H23N3O3S/c1-12(2)23-20(26)19(28-21(23)27)11-16-10-13(3)24(14(16)4)18-8-6-17(7-9-18)22-15(5)25/h6-12H,1-5H3,(H,22,25)/b19-11+. The SMILES string of the molecule is CC(=O)Nc1ccc(-n2c(C)cc(/C=C3/SC(=O)N(C(C)C)C3=O)c2C)cc1. The predicted octanol–water partition coefficient (Wildman–Crippen LogP) is 4.50. The molecule has 1 saturated heterocycles. The van der Waals surface area contributed by atoms with Crippen LogP contribution in [-0.4, -0.2) is 32.6 Å². The fraction of sp³-hybridized carbons (Fsp3) is 0.286. The quantitative estimate of drug-likeness (QED) is 0.771. The second-order valence-electron chi connectivity index (χ2n) is 7.04. The minimum absolute atomic E-state index is 0.112. The molecule has 1 aromatic heterocycles. The Morgan fingerprint density at radius 1 is 1.14 bits per heavy atom. The van der Waals surface area contributed by atoms with E-state index in [4.69, 9.17) is 0 Å². The normalized spacial score (nSPS) is 15.8. The molecule has 3 rings (SSSR count). The number of anilines is 1. The van der Waals surface area contributed by atoms with Crippen LogP contribution in [0.1, 0.15) is 37.7 Å². The number of nitrogens with zero attached hydrogens (tertiary/aromatic N) is 2. The van der Waals surface area contributed by atoms with Gasteiger partial charge in [0, 0.05) is 35.7 Å². The van der Waals surface area contributed by atoms with E-state index in [1.165, 1.54) is 11.8 Å². The number of carbonyl (C=O) groups is 3. The topological polar surface area (TPSA) is 71.4 Å². The number of benzene rings is 1. The first-order valence-electron chi connectivity index (χ1n) is 9.03. The van der Waals surface area contributed by atoms with Gasteiger partial charge < -0.3 is 9.88 Å². The van der Waals surface area contributed by atoms with E-state index < -0.39 is 0 Å². The summed E-state index contributed by atoms with van der Waals surface area (Å²) >= 11 is 0.981. The van der Waals surface area contributed by atoms with Crippen LogP contribution in [0.15, 0.2) is 35.2 Å². The highest BCUT2D eigenvalue weighted by atomic mass is 32.2. The first-order chi connectivity index (χ1) is 13.2. The van der Waals surface area contributed by atoms with Crippen molar-refractivity contribution in [3.63, 3.8) is 0 Å². The molecule has 3 amide bonds. The number of thioether (sulfide) groups is 1. The van der Waals surface area contributed by atoms with E-state index in [1.54, 1.807) is 6.08 Å². The Morgan fingerprint density at radius 2 is 1.79 bits per heavy atom. The Bertz CT molecular complexity index is 987. The van der Waals surface area contributed by atoms with Crippen molar-refractivity contribution < 1.29 is 14.4 Å². The highest BCUT2D eigenvalue weighted by Gasteiger charge is 2.36. The maximum atomic E-state index is 12.5. The molecule has 0 atom stereocenters. The molecule has 0 aliphatic carbocycles. The minimum atomic E-state index is -0.241. The smallest absolute Gasteiger partial charge is 0.293 e. The van der Waals surface area contributed by atoms with Crippen molar-refractivity contribution in [1.29, 1.82) is 0 Å². The Balaban J connectivity index is 1.94. The molecular weight excluding hydrogens is 374 g/mol. The third kappa shape index (κ3) is 3.75. The van der Waals surface area contributed by atoms with Crippen molar-refractivity contribution in [3.8, 4) is 5.69 Å². The number of imide groups is 1. The number of aromatic nitrogens is 1. The van der Waals surface area contributed by atoms with Crippen LogP contribution in [0, 0.1) is 13.8 Å².